The lowest BCUT2D eigenvalue weighted by Gasteiger charge is -2.29. The summed E-state index contributed by atoms with van der Waals surface area (Å²) in [4.78, 5) is 19.6. The Labute approximate surface area is 118 Å². The van der Waals surface area contributed by atoms with Gasteiger partial charge in [-0.3, -0.25) is 4.79 Å². The first-order chi connectivity index (χ1) is 9.38. The van der Waals surface area contributed by atoms with Crippen LogP contribution in [0.5, 0.6) is 0 Å². The minimum Gasteiger partial charge on any atom is -0.308 e. The maximum absolute atomic E-state index is 12.7. The van der Waals surface area contributed by atoms with Crippen molar-refractivity contribution in [3.05, 3.63) is 17.5 Å². The molecular formula is C12H13ClF3N3O. The van der Waals surface area contributed by atoms with Crippen molar-refractivity contribution in [3.63, 3.8) is 0 Å². The molecule has 20 heavy (non-hydrogen) atoms. The van der Waals surface area contributed by atoms with Gasteiger partial charge in [0.05, 0.1) is 5.92 Å². The van der Waals surface area contributed by atoms with Gasteiger partial charge in [0.2, 0.25) is 5.91 Å². The van der Waals surface area contributed by atoms with Crippen LogP contribution in [0, 0.1) is 11.8 Å². The van der Waals surface area contributed by atoms with Gasteiger partial charge in [-0.15, -0.1) is 0 Å². The molecule has 1 amide bonds. The lowest BCUT2D eigenvalue weighted by Crippen LogP contribution is -2.34. The molecule has 1 aliphatic rings. The number of hydrogen-bond donors (Lipinski definition) is 1. The van der Waals surface area contributed by atoms with E-state index in [1.165, 1.54) is 12.4 Å². The number of nitrogens with zero attached hydrogens (tertiary/aromatic N) is 2. The summed E-state index contributed by atoms with van der Waals surface area (Å²) in [6.45, 7) is 0. The first-order valence-corrected chi connectivity index (χ1v) is 6.60. The van der Waals surface area contributed by atoms with Crippen molar-refractivity contribution < 1.29 is 18.0 Å². The molecule has 4 nitrogen and oxygen atoms in total. The second-order valence-electron chi connectivity index (χ2n) is 4.79. The van der Waals surface area contributed by atoms with Gasteiger partial charge in [0.15, 0.2) is 11.0 Å². The van der Waals surface area contributed by atoms with E-state index in [4.69, 9.17) is 11.6 Å². The molecule has 0 saturated heterocycles. The SMILES string of the molecule is O=C(Nc1nccnc1Cl)C1CCCC(C(F)(F)F)C1. The number of anilines is 1. The minimum absolute atomic E-state index is 0.0176. The number of halogens is 4. The summed E-state index contributed by atoms with van der Waals surface area (Å²) in [5, 5.41) is 2.46. The van der Waals surface area contributed by atoms with Gasteiger partial charge < -0.3 is 5.32 Å². The number of rotatable bonds is 2. The highest BCUT2D eigenvalue weighted by molar-refractivity contribution is 6.32. The van der Waals surface area contributed by atoms with E-state index in [9.17, 15) is 18.0 Å². The normalized spacial score (nSPS) is 23.4. The third-order valence-corrected chi connectivity index (χ3v) is 3.68. The third-order valence-electron chi connectivity index (χ3n) is 3.40. The molecular weight excluding hydrogens is 295 g/mol. The quantitative estimate of drug-likeness (QED) is 0.910. The molecule has 1 aliphatic carbocycles. The van der Waals surface area contributed by atoms with Crippen LogP contribution in [0.1, 0.15) is 25.7 Å². The Morgan fingerprint density at radius 1 is 1.30 bits per heavy atom. The van der Waals surface area contributed by atoms with Crippen LogP contribution in [-0.4, -0.2) is 22.1 Å². The molecule has 1 aromatic heterocycles. The highest BCUT2D eigenvalue weighted by atomic mass is 35.5. The number of amides is 1. The van der Waals surface area contributed by atoms with Crippen molar-refractivity contribution in [2.75, 3.05) is 5.32 Å². The number of aromatic nitrogens is 2. The highest BCUT2D eigenvalue weighted by Crippen LogP contribution is 2.40. The van der Waals surface area contributed by atoms with Crippen LogP contribution < -0.4 is 5.32 Å². The smallest absolute Gasteiger partial charge is 0.308 e. The molecule has 1 fully saturated rings. The molecule has 1 aromatic rings. The molecule has 1 saturated carbocycles. The minimum atomic E-state index is -4.25. The van der Waals surface area contributed by atoms with E-state index in [1.54, 1.807) is 0 Å². The van der Waals surface area contributed by atoms with E-state index in [0.29, 0.717) is 12.8 Å². The molecule has 110 valence electrons. The fourth-order valence-corrected chi connectivity index (χ4v) is 2.50. The maximum atomic E-state index is 12.7. The Hall–Kier alpha value is -1.37. The van der Waals surface area contributed by atoms with E-state index in [2.05, 4.69) is 15.3 Å². The van der Waals surface area contributed by atoms with Gasteiger partial charge >= 0.3 is 6.18 Å². The second kappa shape index (κ2) is 5.95. The molecule has 0 spiro atoms. The average Bonchev–Trinajstić information content (AvgIpc) is 2.40. The van der Waals surface area contributed by atoms with Gasteiger partial charge in [0, 0.05) is 18.3 Å². The molecule has 1 N–H and O–H groups in total. The predicted octanol–water partition coefficient (Wildman–Crippen LogP) is 3.44. The summed E-state index contributed by atoms with van der Waals surface area (Å²) in [5.41, 5.74) is 0. The largest absolute Gasteiger partial charge is 0.391 e. The lowest BCUT2D eigenvalue weighted by atomic mass is 9.80. The Kier molecular flexibility index (Phi) is 4.47. The zero-order chi connectivity index (χ0) is 14.8. The Bertz CT molecular complexity index is 495. The number of nitrogens with one attached hydrogen (secondary N) is 1. The number of hydrogen-bond acceptors (Lipinski definition) is 3. The summed E-state index contributed by atoms with van der Waals surface area (Å²) >= 11 is 5.74. The molecule has 0 bridgehead atoms. The molecule has 8 heteroatoms. The topological polar surface area (TPSA) is 54.9 Å². The van der Waals surface area contributed by atoms with Gasteiger partial charge in [-0.2, -0.15) is 13.2 Å². The fourth-order valence-electron chi connectivity index (χ4n) is 2.35. The maximum Gasteiger partial charge on any atom is 0.391 e. The van der Waals surface area contributed by atoms with E-state index in [0.717, 1.165) is 0 Å². The first-order valence-electron chi connectivity index (χ1n) is 6.22. The Morgan fingerprint density at radius 2 is 2.00 bits per heavy atom. The van der Waals surface area contributed by atoms with E-state index >= 15 is 0 Å². The molecule has 2 atom stereocenters. The molecule has 0 aliphatic heterocycles. The van der Waals surface area contributed by atoms with Gasteiger partial charge in [0.25, 0.3) is 0 Å². The Morgan fingerprint density at radius 3 is 2.65 bits per heavy atom. The summed E-state index contributed by atoms with van der Waals surface area (Å²) in [6.07, 6.45) is -0.818. The summed E-state index contributed by atoms with van der Waals surface area (Å²) in [6, 6.07) is 0. The van der Waals surface area contributed by atoms with E-state index in [1.807, 2.05) is 0 Å². The van der Waals surface area contributed by atoms with Gasteiger partial charge in [-0.05, 0) is 19.3 Å². The molecule has 1 heterocycles. The monoisotopic (exact) mass is 307 g/mol. The number of carbonyl (C=O) groups is 1. The molecule has 0 aromatic carbocycles. The molecule has 2 rings (SSSR count). The first kappa shape index (κ1) is 15.0. The zero-order valence-electron chi connectivity index (χ0n) is 10.5. The lowest BCUT2D eigenvalue weighted by molar-refractivity contribution is -0.185. The van der Waals surface area contributed by atoms with Crippen molar-refractivity contribution in [1.82, 2.24) is 9.97 Å². The predicted molar refractivity (Wildman–Crippen MR) is 67.2 cm³/mol. The standard InChI is InChI=1S/C12H13ClF3N3O/c13-9-10(18-5-4-17-9)19-11(20)7-2-1-3-8(6-7)12(14,15)16/h4-5,7-8H,1-3,6H2,(H,18,19,20). The van der Waals surface area contributed by atoms with Crippen molar-refractivity contribution in [2.45, 2.75) is 31.9 Å². The highest BCUT2D eigenvalue weighted by Gasteiger charge is 2.43. The van der Waals surface area contributed by atoms with Crippen molar-refractivity contribution in [2.24, 2.45) is 11.8 Å². The number of alkyl halides is 3. The number of carbonyl (C=O) groups excluding carboxylic acids is 1. The van der Waals surface area contributed by atoms with Crippen LogP contribution in [0.25, 0.3) is 0 Å². The van der Waals surface area contributed by atoms with E-state index < -0.39 is 23.9 Å². The van der Waals surface area contributed by atoms with Crippen molar-refractivity contribution >= 4 is 23.3 Å². The third kappa shape index (κ3) is 3.59. The zero-order valence-corrected chi connectivity index (χ0v) is 11.2. The average molecular weight is 308 g/mol. The van der Waals surface area contributed by atoms with E-state index in [-0.39, 0.29) is 23.8 Å². The summed E-state index contributed by atoms with van der Waals surface area (Å²) in [7, 11) is 0. The second-order valence-corrected chi connectivity index (χ2v) is 5.15. The summed E-state index contributed by atoms with van der Waals surface area (Å²) < 4.78 is 38.1. The van der Waals surface area contributed by atoms with Crippen LogP contribution in [0.4, 0.5) is 19.0 Å². The van der Waals surface area contributed by atoms with Crippen LogP contribution in [-0.2, 0) is 4.79 Å². The molecule has 2 unspecified atom stereocenters. The van der Waals surface area contributed by atoms with Crippen molar-refractivity contribution in [1.29, 1.82) is 0 Å². The van der Waals surface area contributed by atoms with Gasteiger partial charge in [-0.25, -0.2) is 9.97 Å². The van der Waals surface area contributed by atoms with Gasteiger partial charge in [-0.1, -0.05) is 18.0 Å². The van der Waals surface area contributed by atoms with Crippen LogP contribution in [0.15, 0.2) is 12.4 Å². The van der Waals surface area contributed by atoms with Gasteiger partial charge in [0.1, 0.15) is 0 Å². The Balaban J connectivity index is 2.01. The summed E-state index contributed by atoms with van der Waals surface area (Å²) in [5.74, 6) is -2.49. The fraction of sp³-hybridized carbons (Fsp3) is 0.583. The van der Waals surface area contributed by atoms with Crippen LogP contribution in [0.2, 0.25) is 5.15 Å². The van der Waals surface area contributed by atoms with Crippen molar-refractivity contribution in [3.8, 4) is 0 Å². The van der Waals surface area contributed by atoms with Crippen LogP contribution in [0.3, 0.4) is 0 Å². The van der Waals surface area contributed by atoms with Crippen LogP contribution >= 0.6 is 11.6 Å². The molecule has 0 radical (unpaired) electrons.